The summed E-state index contributed by atoms with van der Waals surface area (Å²) in [7, 11) is 0. The molecular formula is C18H19F2N3O2S. The molecule has 26 heavy (non-hydrogen) atoms. The molecular weight excluding hydrogens is 360 g/mol. The lowest BCUT2D eigenvalue weighted by molar-refractivity contribution is -0.0190. The first-order chi connectivity index (χ1) is 12.5. The van der Waals surface area contributed by atoms with Crippen LogP contribution in [0.2, 0.25) is 0 Å². The Morgan fingerprint density at radius 1 is 1.27 bits per heavy atom. The highest BCUT2D eigenvalue weighted by atomic mass is 32.1. The number of nitrogens with one attached hydrogen (secondary N) is 1. The Morgan fingerprint density at radius 3 is 2.73 bits per heavy atom. The van der Waals surface area contributed by atoms with Crippen molar-refractivity contribution >= 4 is 23.2 Å². The van der Waals surface area contributed by atoms with Crippen LogP contribution in [0.1, 0.15) is 19.3 Å². The summed E-state index contributed by atoms with van der Waals surface area (Å²) in [6.45, 7) is 3.54. The number of anilines is 1. The van der Waals surface area contributed by atoms with Gasteiger partial charge in [-0.1, -0.05) is 0 Å². The number of nitrogens with zero attached hydrogens (tertiary/aromatic N) is 2. The minimum Gasteiger partial charge on any atom is -0.449 e. The predicted octanol–water partition coefficient (Wildman–Crippen LogP) is 4.12. The Kier molecular flexibility index (Phi) is 4.62. The average Bonchev–Trinajstić information content (AvgIpc) is 3.11. The first-order valence-corrected chi connectivity index (χ1v) is 9.48. The van der Waals surface area contributed by atoms with Gasteiger partial charge in [0.1, 0.15) is 11.6 Å². The Balaban J connectivity index is 1.42. The van der Waals surface area contributed by atoms with Gasteiger partial charge in [-0.3, -0.25) is 5.32 Å². The van der Waals surface area contributed by atoms with Crippen molar-refractivity contribution in [2.45, 2.75) is 19.3 Å². The number of halogens is 2. The monoisotopic (exact) mass is 379 g/mol. The van der Waals surface area contributed by atoms with Crippen LogP contribution in [-0.2, 0) is 4.74 Å². The molecule has 4 heterocycles. The quantitative estimate of drug-likeness (QED) is 0.868. The third-order valence-electron chi connectivity index (χ3n) is 5.35. The summed E-state index contributed by atoms with van der Waals surface area (Å²) < 4.78 is 32.9. The summed E-state index contributed by atoms with van der Waals surface area (Å²) in [6, 6.07) is 3.20. The standard InChI is InChI=1S/C18H19F2N3O2S/c19-12-1-2-14(20)13(9-12)15-16(21-11-26-15)22-17(24)25-10-18-3-6-23(7-4-18)8-5-18/h1-2,9,11H,3-8,10H2,(H,22,24). The Morgan fingerprint density at radius 2 is 2.00 bits per heavy atom. The normalized spacial score (nSPS) is 24.5. The molecule has 3 saturated heterocycles. The molecule has 5 nitrogen and oxygen atoms in total. The van der Waals surface area contributed by atoms with Gasteiger partial charge in [0.05, 0.1) is 17.0 Å². The van der Waals surface area contributed by atoms with E-state index in [9.17, 15) is 13.6 Å². The lowest BCUT2D eigenvalue weighted by atomic mass is 9.73. The maximum Gasteiger partial charge on any atom is 0.412 e. The first kappa shape index (κ1) is 17.4. The number of hydrogen-bond donors (Lipinski definition) is 1. The maximum absolute atomic E-state index is 14.0. The van der Waals surface area contributed by atoms with E-state index in [0.717, 1.165) is 68.4 Å². The van der Waals surface area contributed by atoms with E-state index in [1.807, 2.05) is 0 Å². The maximum atomic E-state index is 14.0. The number of rotatable bonds is 4. The zero-order chi connectivity index (χ0) is 18.1. The zero-order valence-electron chi connectivity index (χ0n) is 14.1. The third kappa shape index (κ3) is 3.43. The first-order valence-electron chi connectivity index (χ1n) is 8.60. The minimum atomic E-state index is -0.615. The molecule has 2 bridgehead atoms. The van der Waals surface area contributed by atoms with Gasteiger partial charge in [0.15, 0.2) is 5.82 Å². The molecule has 0 atom stereocenters. The van der Waals surface area contributed by atoms with Crippen molar-refractivity contribution in [2.75, 3.05) is 31.6 Å². The van der Waals surface area contributed by atoms with E-state index < -0.39 is 17.7 Å². The van der Waals surface area contributed by atoms with E-state index in [-0.39, 0.29) is 16.8 Å². The van der Waals surface area contributed by atoms with Gasteiger partial charge in [-0.25, -0.2) is 18.6 Å². The fourth-order valence-electron chi connectivity index (χ4n) is 3.66. The molecule has 3 aliphatic rings. The molecule has 0 aliphatic carbocycles. The second-order valence-electron chi connectivity index (χ2n) is 6.95. The number of hydrogen-bond acceptors (Lipinski definition) is 5. The molecule has 2 aromatic rings. The Bertz CT molecular complexity index is 805. The molecule has 8 heteroatoms. The summed E-state index contributed by atoms with van der Waals surface area (Å²) in [5, 5.41) is 2.57. The molecule has 1 amide bonds. The summed E-state index contributed by atoms with van der Waals surface area (Å²) in [4.78, 5) is 19.1. The van der Waals surface area contributed by atoms with Crippen LogP contribution < -0.4 is 5.32 Å². The van der Waals surface area contributed by atoms with Crippen molar-refractivity contribution in [1.29, 1.82) is 0 Å². The van der Waals surface area contributed by atoms with E-state index in [1.165, 1.54) is 5.51 Å². The van der Waals surface area contributed by atoms with E-state index in [2.05, 4.69) is 15.2 Å². The summed E-state index contributed by atoms with van der Waals surface area (Å²) in [6.07, 6.45) is 2.50. The van der Waals surface area contributed by atoms with Gasteiger partial charge in [0.2, 0.25) is 0 Å². The van der Waals surface area contributed by atoms with Crippen LogP contribution >= 0.6 is 11.3 Å². The number of benzene rings is 1. The van der Waals surface area contributed by atoms with Gasteiger partial charge in [-0.05, 0) is 57.1 Å². The number of piperidine rings is 3. The Hall–Kier alpha value is -2.06. The van der Waals surface area contributed by atoms with Gasteiger partial charge in [-0.15, -0.1) is 11.3 Å². The van der Waals surface area contributed by atoms with Crippen LogP contribution in [-0.4, -0.2) is 42.2 Å². The molecule has 1 N–H and O–H groups in total. The van der Waals surface area contributed by atoms with Crippen molar-refractivity contribution in [1.82, 2.24) is 9.88 Å². The summed E-state index contributed by atoms with van der Waals surface area (Å²) in [5.74, 6) is -0.938. The van der Waals surface area contributed by atoms with Gasteiger partial charge < -0.3 is 9.64 Å². The van der Waals surface area contributed by atoms with Crippen LogP contribution in [0.3, 0.4) is 0 Å². The lowest BCUT2D eigenvalue weighted by Gasteiger charge is -2.47. The van der Waals surface area contributed by atoms with Crippen LogP contribution in [0.5, 0.6) is 0 Å². The lowest BCUT2D eigenvalue weighted by Crippen LogP contribution is -2.50. The molecule has 3 fully saturated rings. The number of aromatic nitrogens is 1. The van der Waals surface area contributed by atoms with Gasteiger partial charge >= 0.3 is 6.09 Å². The van der Waals surface area contributed by atoms with Crippen molar-refractivity contribution in [3.05, 3.63) is 35.3 Å². The highest BCUT2D eigenvalue weighted by Crippen LogP contribution is 2.40. The number of amides is 1. The molecule has 0 spiro atoms. The van der Waals surface area contributed by atoms with Crippen molar-refractivity contribution in [3.63, 3.8) is 0 Å². The molecule has 0 unspecified atom stereocenters. The topological polar surface area (TPSA) is 54.5 Å². The van der Waals surface area contributed by atoms with E-state index in [4.69, 9.17) is 4.74 Å². The van der Waals surface area contributed by atoms with Crippen molar-refractivity contribution < 1.29 is 18.3 Å². The Labute approximate surface area is 154 Å². The van der Waals surface area contributed by atoms with Gasteiger partial charge in [0, 0.05) is 11.0 Å². The molecule has 1 aromatic heterocycles. The minimum absolute atomic E-state index is 0.0704. The number of ether oxygens (including phenoxy) is 1. The number of carbonyl (C=O) groups is 1. The number of thiazole rings is 1. The summed E-state index contributed by atoms with van der Waals surface area (Å²) in [5.41, 5.74) is 1.62. The molecule has 0 saturated carbocycles. The molecule has 138 valence electrons. The van der Waals surface area contributed by atoms with Crippen LogP contribution in [0.25, 0.3) is 10.4 Å². The van der Waals surface area contributed by atoms with Gasteiger partial charge in [-0.2, -0.15) is 0 Å². The molecule has 0 radical (unpaired) electrons. The number of fused-ring (bicyclic) bond motifs is 3. The highest BCUT2D eigenvalue weighted by Gasteiger charge is 2.40. The highest BCUT2D eigenvalue weighted by molar-refractivity contribution is 7.13. The van der Waals surface area contributed by atoms with E-state index in [0.29, 0.717) is 11.5 Å². The van der Waals surface area contributed by atoms with Crippen LogP contribution in [0.4, 0.5) is 19.4 Å². The zero-order valence-corrected chi connectivity index (χ0v) is 15.0. The second kappa shape index (κ2) is 6.92. The fraction of sp³-hybridized carbons (Fsp3) is 0.444. The smallest absolute Gasteiger partial charge is 0.412 e. The predicted molar refractivity (Wildman–Crippen MR) is 95.2 cm³/mol. The van der Waals surface area contributed by atoms with Crippen molar-refractivity contribution in [2.24, 2.45) is 5.41 Å². The molecule has 3 aliphatic heterocycles. The second-order valence-corrected chi connectivity index (χ2v) is 7.80. The van der Waals surface area contributed by atoms with E-state index >= 15 is 0 Å². The van der Waals surface area contributed by atoms with Crippen LogP contribution in [0.15, 0.2) is 23.7 Å². The molecule has 5 rings (SSSR count). The summed E-state index contributed by atoms with van der Waals surface area (Å²) >= 11 is 1.13. The average molecular weight is 379 g/mol. The third-order valence-corrected chi connectivity index (χ3v) is 6.21. The van der Waals surface area contributed by atoms with Crippen LogP contribution in [0, 0.1) is 17.0 Å². The largest absolute Gasteiger partial charge is 0.449 e. The number of carbonyl (C=O) groups excluding carboxylic acids is 1. The van der Waals surface area contributed by atoms with Gasteiger partial charge in [0.25, 0.3) is 0 Å². The van der Waals surface area contributed by atoms with E-state index in [1.54, 1.807) is 0 Å². The fourth-order valence-corrected chi connectivity index (χ4v) is 4.42. The molecule has 1 aromatic carbocycles. The SMILES string of the molecule is O=C(Nc1ncsc1-c1cc(F)ccc1F)OCC12CCN(CC1)CC2. The van der Waals surface area contributed by atoms with Crippen molar-refractivity contribution in [3.8, 4) is 10.4 Å².